The van der Waals surface area contributed by atoms with E-state index in [1.807, 2.05) is 51.1 Å². The maximum Gasteiger partial charge on any atom is 0.410 e. The number of benzene rings is 1. The highest BCUT2D eigenvalue weighted by Gasteiger charge is 2.30. The van der Waals surface area contributed by atoms with Crippen molar-refractivity contribution in [3.63, 3.8) is 0 Å². The second-order valence-electron chi connectivity index (χ2n) is 7.40. The van der Waals surface area contributed by atoms with Gasteiger partial charge in [0.2, 0.25) is 0 Å². The molecule has 138 valence electrons. The Labute approximate surface area is 148 Å². The first-order chi connectivity index (χ1) is 11.7. The number of nitrogens with one attached hydrogen (secondary N) is 1. The third-order valence-corrected chi connectivity index (χ3v) is 4.10. The first-order valence-corrected chi connectivity index (χ1v) is 8.66. The Hall–Kier alpha value is -2.15. The summed E-state index contributed by atoms with van der Waals surface area (Å²) in [6.07, 6.45) is 0.568. The number of carbonyl (C=O) groups is 1. The molecule has 1 atom stereocenters. The summed E-state index contributed by atoms with van der Waals surface area (Å²) in [4.78, 5) is 24.8. The van der Waals surface area contributed by atoms with Crippen molar-refractivity contribution in [2.45, 2.75) is 57.8 Å². The molecule has 1 unspecified atom stereocenters. The van der Waals surface area contributed by atoms with Gasteiger partial charge >= 0.3 is 6.09 Å². The van der Waals surface area contributed by atoms with Gasteiger partial charge in [0.1, 0.15) is 5.60 Å². The summed E-state index contributed by atoms with van der Waals surface area (Å²) in [7, 11) is 0. The normalized spacial score (nSPS) is 17.2. The van der Waals surface area contributed by atoms with Gasteiger partial charge in [-0.3, -0.25) is 15.4 Å². The van der Waals surface area contributed by atoms with Gasteiger partial charge in [0, 0.05) is 24.1 Å². The van der Waals surface area contributed by atoms with Crippen molar-refractivity contribution in [2.24, 2.45) is 0 Å². The molecule has 1 aliphatic heterocycles. The average Bonchev–Trinajstić information content (AvgIpc) is 2.54. The second-order valence-corrected chi connectivity index (χ2v) is 7.40. The van der Waals surface area contributed by atoms with E-state index in [9.17, 15) is 14.9 Å². The van der Waals surface area contributed by atoms with Crippen LogP contribution in [0.1, 0.15) is 39.2 Å². The van der Waals surface area contributed by atoms with Gasteiger partial charge in [0.05, 0.1) is 6.42 Å². The molecule has 1 aromatic carbocycles. The van der Waals surface area contributed by atoms with Crippen LogP contribution in [0.4, 0.5) is 4.79 Å². The molecule has 0 spiro atoms. The number of ether oxygens (including phenoxy) is 1. The van der Waals surface area contributed by atoms with E-state index in [-0.39, 0.29) is 17.1 Å². The van der Waals surface area contributed by atoms with Crippen LogP contribution in [0.25, 0.3) is 0 Å². The smallest absolute Gasteiger partial charge is 0.410 e. The molecule has 1 heterocycles. The van der Waals surface area contributed by atoms with E-state index >= 15 is 0 Å². The molecule has 0 aliphatic carbocycles. The number of nitrogens with zero attached hydrogens (tertiary/aromatic N) is 2. The van der Waals surface area contributed by atoms with Gasteiger partial charge in [-0.1, -0.05) is 30.3 Å². The van der Waals surface area contributed by atoms with Crippen LogP contribution in [-0.4, -0.2) is 46.8 Å². The monoisotopic (exact) mass is 349 g/mol. The van der Waals surface area contributed by atoms with E-state index in [2.05, 4.69) is 5.32 Å². The maximum atomic E-state index is 12.1. The maximum absolute atomic E-state index is 12.1. The fraction of sp³-hybridized carbons (Fsp3) is 0.611. The van der Waals surface area contributed by atoms with Crippen LogP contribution in [-0.2, 0) is 11.2 Å². The summed E-state index contributed by atoms with van der Waals surface area (Å²) in [6, 6.07) is 9.46. The van der Waals surface area contributed by atoms with Gasteiger partial charge in [-0.25, -0.2) is 4.79 Å². The summed E-state index contributed by atoms with van der Waals surface area (Å²) in [5.41, 5.74) is 0.418. The van der Waals surface area contributed by atoms with Crippen molar-refractivity contribution >= 4 is 6.09 Å². The predicted molar refractivity (Wildman–Crippen MR) is 94.9 cm³/mol. The van der Waals surface area contributed by atoms with Crippen LogP contribution in [0.3, 0.4) is 0 Å². The Bertz CT molecular complexity index is 578. The number of hydrogen-bond acceptors (Lipinski definition) is 5. The number of likely N-dealkylation sites (tertiary alicyclic amines) is 1. The summed E-state index contributed by atoms with van der Waals surface area (Å²) in [6.45, 7) is 6.60. The Morgan fingerprint density at radius 3 is 2.44 bits per heavy atom. The molecular formula is C18H27N3O4. The number of hydrogen-bond donors (Lipinski definition) is 1. The average molecular weight is 349 g/mol. The van der Waals surface area contributed by atoms with E-state index in [0.717, 1.165) is 5.56 Å². The Balaban J connectivity index is 1.85. The van der Waals surface area contributed by atoms with Crippen molar-refractivity contribution in [1.82, 2.24) is 10.2 Å². The lowest BCUT2D eigenvalue weighted by Gasteiger charge is -2.34. The molecule has 2 rings (SSSR count). The van der Waals surface area contributed by atoms with Gasteiger partial charge in [-0.05, 0) is 39.2 Å². The summed E-state index contributed by atoms with van der Waals surface area (Å²) < 4.78 is 5.37. The molecule has 7 nitrogen and oxygen atoms in total. The van der Waals surface area contributed by atoms with Gasteiger partial charge in [0.25, 0.3) is 6.17 Å². The minimum atomic E-state index is -0.819. The quantitative estimate of drug-likeness (QED) is 0.502. The molecule has 1 fully saturated rings. The molecule has 1 saturated heterocycles. The fourth-order valence-electron chi connectivity index (χ4n) is 2.86. The summed E-state index contributed by atoms with van der Waals surface area (Å²) in [5, 5.41) is 14.5. The topological polar surface area (TPSA) is 84.7 Å². The molecule has 0 bridgehead atoms. The van der Waals surface area contributed by atoms with Crippen molar-refractivity contribution in [3.8, 4) is 0 Å². The SMILES string of the molecule is CC(C)(C)OC(=O)N1CCC(NC(Cc2ccccc2)[N+](=O)[O-])CC1. The van der Waals surface area contributed by atoms with Crippen LogP contribution >= 0.6 is 0 Å². The summed E-state index contributed by atoms with van der Waals surface area (Å²) >= 11 is 0. The van der Waals surface area contributed by atoms with Crippen LogP contribution < -0.4 is 5.32 Å². The lowest BCUT2D eigenvalue weighted by atomic mass is 10.0. The fourth-order valence-corrected chi connectivity index (χ4v) is 2.86. The molecule has 1 N–H and O–H groups in total. The van der Waals surface area contributed by atoms with Crippen molar-refractivity contribution in [1.29, 1.82) is 0 Å². The first-order valence-electron chi connectivity index (χ1n) is 8.66. The Morgan fingerprint density at radius 2 is 1.92 bits per heavy atom. The number of piperidine rings is 1. The molecule has 1 amide bonds. The molecule has 0 aromatic heterocycles. The molecule has 1 aromatic rings. The van der Waals surface area contributed by atoms with E-state index in [4.69, 9.17) is 4.74 Å². The van der Waals surface area contributed by atoms with E-state index in [1.165, 1.54) is 0 Å². The predicted octanol–water partition coefficient (Wildman–Crippen LogP) is 2.82. The van der Waals surface area contributed by atoms with Gasteiger partial charge in [-0.2, -0.15) is 0 Å². The zero-order valence-electron chi connectivity index (χ0n) is 15.1. The largest absolute Gasteiger partial charge is 0.444 e. The Morgan fingerprint density at radius 1 is 1.32 bits per heavy atom. The van der Waals surface area contributed by atoms with Crippen molar-refractivity contribution in [3.05, 3.63) is 46.0 Å². The van der Waals surface area contributed by atoms with Gasteiger partial charge in [0.15, 0.2) is 0 Å². The van der Waals surface area contributed by atoms with Crippen LogP contribution in [0.15, 0.2) is 30.3 Å². The van der Waals surface area contributed by atoms with Gasteiger partial charge < -0.3 is 9.64 Å². The number of nitro groups is 1. The highest BCUT2D eigenvalue weighted by Crippen LogP contribution is 2.16. The zero-order valence-corrected chi connectivity index (χ0v) is 15.1. The molecule has 0 saturated carbocycles. The van der Waals surface area contributed by atoms with E-state index in [1.54, 1.807) is 4.90 Å². The third kappa shape index (κ3) is 6.34. The van der Waals surface area contributed by atoms with E-state index < -0.39 is 11.8 Å². The zero-order chi connectivity index (χ0) is 18.4. The number of carbonyl (C=O) groups excluding carboxylic acids is 1. The lowest BCUT2D eigenvalue weighted by molar-refractivity contribution is -0.530. The highest BCUT2D eigenvalue weighted by atomic mass is 16.6. The lowest BCUT2D eigenvalue weighted by Crippen LogP contribution is -2.51. The van der Waals surface area contributed by atoms with Gasteiger partial charge in [-0.15, -0.1) is 0 Å². The van der Waals surface area contributed by atoms with Crippen molar-refractivity contribution in [2.75, 3.05) is 13.1 Å². The molecule has 25 heavy (non-hydrogen) atoms. The molecule has 0 radical (unpaired) electrons. The highest BCUT2D eigenvalue weighted by molar-refractivity contribution is 5.68. The molecule has 7 heteroatoms. The van der Waals surface area contributed by atoms with Crippen LogP contribution in [0.2, 0.25) is 0 Å². The molecule has 1 aliphatic rings. The van der Waals surface area contributed by atoms with Crippen LogP contribution in [0, 0.1) is 10.1 Å². The van der Waals surface area contributed by atoms with E-state index in [0.29, 0.717) is 32.4 Å². The Kier molecular flexibility index (Phi) is 6.36. The second kappa shape index (κ2) is 8.29. The third-order valence-electron chi connectivity index (χ3n) is 4.10. The number of amides is 1. The first kappa shape index (κ1) is 19.2. The van der Waals surface area contributed by atoms with Crippen molar-refractivity contribution < 1.29 is 14.5 Å². The summed E-state index contributed by atoms with van der Waals surface area (Å²) in [5.74, 6) is 0. The van der Waals surface area contributed by atoms with Crippen LogP contribution in [0.5, 0.6) is 0 Å². The minimum absolute atomic E-state index is 0.0257. The minimum Gasteiger partial charge on any atom is -0.444 e. The number of rotatable bonds is 5. The standard InChI is InChI=1S/C18H27N3O4/c1-18(2,3)25-17(22)20-11-9-15(10-12-20)19-16(21(23)24)13-14-7-5-4-6-8-14/h4-8,15-16,19H,9-13H2,1-3H3. The molecular weight excluding hydrogens is 322 g/mol.